The van der Waals surface area contributed by atoms with E-state index in [1.165, 1.54) is 0 Å². The minimum absolute atomic E-state index is 0.590. The van der Waals surface area contributed by atoms with Crippen LogP contribution >= 0.6 is 0 Å². The summed E-state index contributed by atoms with van der Waals surface area (Å²) >= 11 is 0. The highest BCUT2D eigenvalue weighted by Gasteiger charge is 2.33. The molecule has 15 heavy (non-hydrogen) atoms. The van der Waals surface area contributed by atoms with Crippen LogP contribution in [0.4, 0.5) is 0 Å². The maximum Gasteiger partial charge on any atom is 0.323 e. The molecule has 0 saturated heterocycles. The van der Waals surface area contributed by atoms with Crippen molar-refractivity contribution < 1.29 is 14.6 Å². The molecule has 90 valence electrons. The summed E-state index contributed by atoms with van der Waals surface area (Å²) in [7, 11) is 1.70. The van der Waals surface area contributed by atoms with Crippen LogP contribution < -0.4 is 5.32 Å². The number of hydrogen-bond acceptors (Lipinski definition) is 3. The monoisotopic (exact) mass is 217 g/mol. The maximum atomic E-state index is 11.1. The Kier molecular flexibility index (Phi) is 7.34. The van der Waals surface area contributed by atoms with Crippen LogP contribution in [0.15, 0.2) is 0 Å². The van der Waals surface area contributed by atoms with Crippen LogP contribution in [0.3, 0.4) is 0 Å². The largest absolute Gasteiger partial charge is 0.480 e. The number of aliphatic carboxylic acids is 1. The third kappa shape index (κ3) is 4.62. The second-order valence-corrected chi connectivity index (χ2v) is 3.71. The number of hydrogen-bond donors (Lipinski definition) is 2. The van der Waals surface area contributed by atoms with Crippen LogP contribution in [0, 0.1) is 0 Å². The normalized spacial score (nSPS) is 14.9. The second kappa shape index (κ2) is 7.65. The smallest absolute Gasteiger partial charge is 0.323 e. The first-order valence-corrected chi connectivity index (χ1v) is 5.63. The molecule has 0 fully saturated rings. The molecule has 0 aromatic carbocycles. The zero-order chi connectivity index (χ0) is 11.7. The minimum Gasteiger partial charge on any atom is -0.480 e. The number of likely N-dealkylation sites (N-methyl/N-ethyl adjacent to an activating group) is 1. The molecule has 0 spiro atoms. The number of carbonyl (C=O) groups is 1. The molecule has 4 heteroatoms. The molecular formula is C11H23NO3. The lowest BCUT2D eigenvalue weighted by Crippen LogP contribution is -2.49. The van der Waals surface area contributed by atoms with Gasteiger partial charge >= 0.3 is 5.97 Å². The fourth-order valence-corrected chi connectivity index (χ4v) is 1.57. The Bertz CT molecular complexity index is 179. The number of ether oxygens (including phenoxy) is 1. The summed E-state index contributed by atoms with van der Waals surface area (Å²) in [5.41, 5.74) is -0.782. The van der Waals surface area contributed by atoms with Crippen LogP contribution in [-0.4, -0.2) is 36.9 Å². The van der Waals surface area contributed by atoms with Gasteiger partial charge in [0, 0.05) is 13.2 Å². The maximum absolute atomic E-state index is 11.1. The highest BCUT2D eigenvalue weighted by atomic mass is 16.5. The third-order valence-electron chi connectivity index (χ3n) is 2.73. The van der Waals surface area contributed by atoms with Gasteiger partial charge in [0.05, 0.1) is 0 Å². The van der Waals surface area contributed by atoms with E-state index in [0.717, 1.165) is 19.4 Å². The van der Waals surface area contributed by atoms with Crippen molar-refractivity contribution in [3.8, 4) is 0 Å². The van der Waals surface area contributed by atoms with Crippen molar-refractivity contribution in [3.05, 3.63) is 0 Å². The molecule has 2 N–H and O–H groups in total. The molecule has 0 bridgehead atoms. The zero-order valence-electron chi connectivity index (χ0n) is 10.0. The highest BCUT2D eigenvalue weighted by molar-refractivity contribution is 5.78. The van der Waals surface area contributed by atoms with E-state index in [1.807, 2.05) is 6.92 Å². The topological polar surface area (TPSA) is 58.6 Å². The molecule has 0 radical (unpaired) electrons. The Balaban J connectivity index is 3.91. The van der Waals surface area contributed by atoms with Crippen LogP contribution in [0.5, 0.6) is 0 Å². The number of carboxylic acid groups (broad SMARTS) is 1. The quantitative estimate of drug-likeness (QED) is 0.576. The Labute approximate surface area is 92.0 Å². The molecule has 0 aliphatic rings. The van der Waals surface area contributed by atoms with Gasteiger partial charge in [-0.3, -0.25) is 4.79 Å². The molecule has 0 saturated carbocycles. The summed E-state index contributed by atoms with van der Waals surface area (Å²) < 4.78 is 5.33. The Hall–Kier alpha value is -0.610. The SMILES string of the molecule is CCCOCCCC(CC)(NC)C(=O)O. The summed E-state index contributed by atoms with van der Waals surface area (Å²) in [6.07, 6.45) is 2.98. The Morgan fingerprint density at radius 3 is 2.47 bits per heavy atom. The molecule has 0 aliphatic heterocycles. The molecule has 0 aromatic rings. The van der Waals surface area contributed by atoms with Crippen molar-refractivity contribution in [1.82, 2.24) is 5.32 Å². The molecule has 4 nitrogen and oxygen atoms in total. The fraction of sp³-hybridized carbons (Fsp3) is 0.909. The van der Waals surface area contributed by atoms with E-state index < -0.39 is 11.5 Å². The predicted molar refractivity (Wildman–Crippen MR) is 60.1 cm³/mol. The average molecular weight is 217 g/mol. The molecule has 0 aliphatic carbocycles. The summed E-state index contributed by atoms with van der Waals surface area (Å²) in [5.74, 6) is -0.775. The van der Waals surface area contributed by atoms with Crippen molar-refractivity contribution in [2.75, 3.05) is 20.3 Å². The number of carboxylic acids is 1. The van der Waals surface area contributed by atoms with E-state index in [1.54, 1.807) is 7.05 Å². The van der Waals surface area contributed by atoms with Gasteiger partial charge in [-0.25, -0.2) is 0 Å². The van der Waals surface area contributed by atoms with Crippen molar-refractivity contribution in [3.63, 3.8) is 0 Å². The van der Waals surface area contributed by atoms with Gasteiger partial charge in [0.25, 0.3) is 0 Å². The molecule has 1 unspecified atom stereocenters. The van der Waals surface area contributed by atoms with Crippen molar-refractivity contribution in [2.45, 2.75) is 45.1 Å². The zero-order valence-corrected chi connectivity index (χ0v) is 10.0. The molecule has 1 atom stereocenters. The number of rotatable bonds is 9. The van der Waals surface area contributed by atoms with Crippen LogP contribution in [0.2, 0.25) is 0 Å². The second-order valence-electron chi connectivity index (χ2n) is 3.71. The van der Waals surface area contributed by atoms with Crippen molar-refractivity contribution >= 4 is 5.97 Å². The number of nitrogens with one attached hydrogen (secondary N) is 1. The molecule has 0 heterocycles. The highest BCUT2D eigenvalue weighted by Crippen LogP contribution is 2.17. The van der Waals surface area contributed by atoms with Gasteiger partial charge in [0.15, 0.2) is 0 Å². The first-order chi connectivity index (χ1) is 7.13. The van der Waals surface area contributed by atoms with E-state index in [0.29, 0.717) is 19.4 Å². The summed E-state index contributed by atoms with van der Waals surface area (Å²) in [6.45, 7) is 5.34. The van der Waals surface area contributed by atoms with Crippen LogP contribution in [0.1, 0.15) is 39.5 Å². The summed E-state index contributed by atoms with van der Waals surface area (Å²) in [5, 5.41) is 12.0. The first kappa shape index (κ1) is 14.4. The van der Waals surface area contributed by atoms with E-state index in [4.69, 9.17) is 9.84 Å². The van der Waals surface area contributed by atoms with Crippen molar-refractivity contribution in [1.29, 1.82) is 0 Å². The van der Waals surface area contributed by atoms with Crippen LogP contribution in [0.25, 0.3) is 0 Å². The summed E-state index contributed by atoms with van der Waals surface area (Å²) in [6, 6.07) is 0. The summed E-state index contributed by atoms with van der Waals surface area (Å²) in [4.78, 5) is 11.1. The van der Waals surface area contributed by atoms with Gasteiger partial charge in [0.1, 0.15) is 5.54 Å². The van der Waals surface area contributed by atoms with E-state index in [-0.39, 0.29) is 0 Å². The Morgan fingerprint density at radius 1 is 1.40 bits per heavy atom. The van der Waals surface area contributed by atoms with E-state index in [9.17, 15) is 4.79 Å². The van der Waals surface area contributed by atoms with Crippen molar-refractivity contribution in [2.24, 2.45) is 0 Å². The molecule has 0 amide bonds. The molecule has 0 aromatic heterocycles. The lowest BCUT2D eigenvalue weighted by Gasteiger charge is -2.27. The van der Waals surface area contributed by atoms with Gasteiger partial charge in [-0.1, -0.05) is 13.8 Å². The van der Waals surface area contributed by atoms with E-state index >= 15 is 0 Å². The van der Waals surface area contributed by atoms with Gasteiger partial charge in [-0.05, 0) is 32.7 Å². The molecular weight excluding hydrogens is 194 g/mol. The predicted octanol–water partition coefficient (Wildman–Crippen LogP) is 1.65. The lowest BCUT2D eigenvalue weighted by atomic mass is 9.91. The minimum atomic E-state index is -0.782. The lowest BCUT2D eigenvalue weighted by molar-refractivity contribution is -0.145. The van der Waals surface area contributed by atoms with E-state index in [2.05, 4.69) is 12.2 Å². The van der Waals surface area contributed by atoms with Gasteiger partial charge in [0.2, 0.25) is 0 Å². The van der Waals surface area contributed by atoms with Gasteiger partial charge in [-0.15, -0.1) is 0 Å². The van der Waals surface area contributed by atoms with Gasteiger partial charge in [-0.2, -0.15) is 0 Å². The fourth-order valence-electron chi connectivity index (χ4n) is 1.57. The van der Waals surface area contributed by atoms with Crippen LogP contribution in [-0.2, 0) is 9.53 Å². The standard InChI is InChI=1S/C11H23NO3/c1-4-8-15-9-6-7-11(5-2,12-3)10(13)14/h12H,4-9H2,1-3H3,(H,13,14). The molecule has 0 rings (SSSR count). The first-order valence-electron chi connectivity index (χ1n) is 5.63. The third-order valence-corrected chi connectivity index (χ3v) is 2.73. The average Bonchev–Trinajstić information content (AvgIpc) is 2.23. The van der Waals surface area contributed by atoms with Gasteiger partial charge < -0.3 is 15.2 Å². The Morgan fingerprint density at radius 2 is 2.07 bits per heavy atom.